The predicted molar refractivity (Wildman–Crippen MR) is 51.0 cm³/mol. The fourth-order valence-electron chi connectivity index (χ4n) is 0.847. The zero-order chi connectivity index (χ0) is 10.4. The number of carbonyl (C=O) groups excluding carboxylic acids is 1. The summed E-state index contributed by atoms with van der Waals surface area (Å²) in [6.45, 7) is 1.75. The highest BCUT2D eigenvalue weighted by atomic mass is 16.4. The molecule has 14 heavy (non-hydrogen) atoms. The maximum Gasteiger partial charge on any atom is 0.269 e. The zero-order valence-electron chi connectivity index (χ0n) is 7.77. The van der Waals surface area contributed by atoms with E-state index in [2.05, 4.69) is 15.5 Å². The molecule has 0 saturated heterocycles. The highest BCUT2D eigenvalue weighted by Gasteiger charge is 2.05. The van der Waals surface area contributed by atoms with E-state index in [1.807, 2.05) is 6.07 Å². The lowest BCUT2D eigenvalue weighted by molar-refractivity contribution is -0.115. The molecule has 0 unspecified atom stereocenters. The van der Waals surface area contributed by atoms with E-state index < -0.39 is 5.91 Å². The molecule has 74 valence electrons. The Morgan fingerprint density at radius 1 is 1.64 bits per heavy atom. The molecule has 1 aromatic rings. The molecule has 1 rings (SSSR count). The fraction of sp³-hybridized carbons (Fsp3) is 0.222. The maximum absolute atomic E-state index is 11.1. The number of nitrogens with one attached hydrogen (secondary N) is 1. The molecule has 0 aliphatic rings. The summed E-state index contributed by atoms with van der Waals surface area (Å²) in [4.78, 5) is 15.1. The van der Waals surface area contributed by atoms with Gasteiger partial charge in [0.25, 0.3) is 5.91 Å². The molecule has 0 bridgehead atoms. The van der Waals surface area contributed by atoms with Gasteiger partial charge in [-0.3, -0.25) is 9.78 Å². The molecule has 0 fully saturated rings. The minimum absolute atomic E-state index is 0.0286. The first-order valence-corrected chi connectivity index (χ1v) is 4.11. The van der Waals surface area contributed by atoms with Gasteiger partial charge in [0.15, 0.2) is 0 Å². The Hall–Kier alpha value is -1.91. The van der Waals surface area contributed by atoms with Crippen LogP contribution in [0.5, 0.6) is 0 Å². The Kier molecular flexibility index (Phi) is 3.60. The van der Waals surface area contributed by atoms with Crippen LogP contribution in [0.3, 0.4) is 0 Å². The van der Waals surface area contributed by atoms with Crippen molar-refractivity contribution in [3.05, 3.63) is 30.1 Å². The standard InChI is InChI=1S/C9H11N3O2/c1-7(12-14)9(13)11-6-8-4-2-3-5-10-8/h2-5,14H,6H2,1H3,(H,11,13)/b12-7-. The molecule has 1 amide bonds. The van der Waals surface area contributed by atoms with Crippen molar-refractivity contribution in [3.63, 3.8) is 0 Å². The van der Waals surface area contributed by atoms with Crippen molar-refractivity contribution >= 4 is 11.6 Å². The van der Waals surface area contributed by atoms with Crippen molar-refractivity contribution in [3.8, 4) is 0 Å². The summed E-state index contributed by atoms with van der Waals surface area (Å²) < 4.78 is 0. The van der Waals surface area contributed by atoms with Crippen molar-refractivity contribution in [1.82, 2.24) is 10.3 Å². The largest absolute Gasteiger partial charge is 0.410 e. The Bertz CT molecular complexity index is 335. The highest BCUT2D eigenvalue weighted by molar-refractivity contribution is 6.37. The number of pyridine rings is 1. The van der Waals surface area contributed by atoms with E-state index in [4.69, 9.17) is 5.21 Å². The van der Waals surface area contributed by atoms with Crippen molar-refractivity contribution in [2.45, 2.75) is 13.5 Å². The summed E-state index contributed by atoms with van der Waals surface area (Å²) in [5.41, 5.74) is 0.785. The maximum atomic E-state index is 11.1. The lowest BCUT2D eigenvalue weighted by atomic mass is 10.3. The van der Waals surface area contributed by atoms with Crippen LogP contribution in [0.4, 0.5) is 0 Å². The molecule has 0 aliphatic carbocycles. The summed E-state index contributed by atoms with van der Waals surface area (Å²) in [5, 5.41) is 13.7. The molecule has 5 heteroatoms. The van der Waals surface area contributed by atoms with Gasteiger partial charge in [0.1, 0.15) is 5.71 Å². The number of oxime groups is 1. The Balaban J connectivity index is 2.46. The molecule has 1 heterocycles. The quantitative estimate of drug-likeness (QED) is 0.418. The van der Waals surface area contributed by atoms with Crippen LogP contribution in [0.15, 0.2) is 29.6 Å². The Morgan fingerprint density at radius 2 is 2.43 bits per heavy atom. The van der Waals surface area contributed by atoms with Crippen LogP contribution in [-0.2, 0) is 11.3 Å². The molecule has 0 aromatic carbocycles. The average Bonchev–Trinajstić information content (AvgIpc) is 2.26. The number of hydrogen-bond donors (Lipinski definition) is 2. The van der Waals surface area contributed by atoms with E-state index >= 15 is 0 Å². The third-order valence-corrected chi connectivity index (χ3v) is 1.63. The second kappa shape index (κ2) is 4.96. The summed E-state index contributed by atoms with van der Waals surface area (Å²) in [7, 11) is 0. The van der Waals surface area contributed by atoms with Gasteiger partial charge in [-0.05, 0) is 19.1 Å². The lowest BCUT2D eigenvalue weighted by Gasteiger charge is -2.02. The molecule has 0 spiro atoms. The van der Waals surface area contributed by atoms with Gasteiger partial charge in [-0.25, -0.2) is 0 Å². The Labute approximate surface area is 81.5 Å². The molecule has 0 atom stereocenters. The molecule has 0 radical (unpaired) electrons. The van der Waals surface area contributed by atoms with E-state index in [0.29, 0.717) is 6.54 Å². The topological polar surface area (TPSA) is 74.6 Å². The number of carbonyl (C=O) groups is 1. The van der Waals surface area contributed by atoms with E-state index in [9.17, 15) is 4.79 Å². The Morgan fingerprint density at radius 3 is 3.00 bits per heavy atom. The molecule has 0 aliphatic heterocycles. The number of hydrogen-bond acceptors (Lipinski definition) is 4. The first-order valence-electron chi connectivity index (χ1n) is 4.11. The summed E-state index contributed by atoms with van der Waals surface area (Å²) in [6, 6.07) is 5.43. The van der Waals surface area contributed by atoms with Gasteiger partial charge in [-0.1, -0.05) is 11.2 Å². The smallest absolute Gasteiger partial charge is 0.269 e. The van der Waals surface area contributed by atoms with Gasteiger partial charge in [-0.2, -0.15) is 0 Å². The molecular formula is C9H11N3O2. The first-order chi connectivity index (χ1) is 6.74. The van der Waals surface area contributed by atoms with E-state index in [0.717, 1.165) is 5.69 Å². The van der Waals surface area contributed by atoms with Crippen LogP contribution >= 0.6 is 0 Å². The summed E-state index contributed by atoms with van der Waals surface area (Å²) in [5.74, 6) is -0.404. The summed E-state index contributed by atoms with van der Waals surface area (Å²) >= 11 is 0. The van der Waals surface area contributed by atoms with Crippen molar-refractivity contribution in [1.29, 1.82) is 0 Å². The minimum Gasteiger partial charge on any atom is -0.410 e. The van der Waals surface area contributed by atoms with Crippen LogP contribution in [-0.4, -0.2) is 21.8 Å². The third-order valence-electron chi connectivity index (χ3n) is 1.63. The first kappa shape index (κ1) is 10.2. The normalized spacial score (nSPS) is 11.1. The fourth-order valence-corrected chi connectivity index (χ4v) is 0.847. The van der Waals surface area contributed by atoms with Crippen molar-refractivity contribution < 1.29 is 10.0 Å². The van der Waals surface area contributed by atoms with E-state index in [1.54, 1.807) is 18.3 Å². The molecular weight excluding hydrogens is 182 g/mol. The van der Waals surface area contributed by atoms with Gasteiger partial charge in [0.05, 0.1) is 12.2 Å². The highest BCUT2D eigenvalue weighted by Crippen LogP contribution is 1.91. The molecule has 2 N–H and O–H groups in total. The van der Waals surface area contributed by atoms with E-state index in [-0.39, 0.29) is 5.71 Å². The van der Waals surface area contributed by atoms with Crippen molar-refractivity contribution in [2.24, 2.45) is 5.16 Å². The molecule has 0 saturated carbocycles. The molecule has 1 aromatic heterocycles. The minimum atomic E-state index is -0.404. The average molecular weight is 193 g/mol. The van der Waals surface area contributed by atoms with Crippen molar-refractivity contribution in [2.75, 3.05) is 0 Å². The summed E-state index contributed by atoms with van der Waals surface area (Å²) in [6.07, 6.45) is 1.65. The van der Waals surface area contributed by atoms with Gasteiger partial charge < -0.3 is 10.5 Å². The number of amides is 1. The van der Waals surface area contributed by atoms with E-state index in [1.165, 1.54) is 6.92 Å². The molecule has 5 nitrogen and oxygen atoms in total. The van der Waals surface area contributed by atoms with Crippen LogP contribution in [0.25, 0.3) is 0 Å². The van der Waals surface area contributed by atoms with Crippen LogP contribution in [0.2, 0.25) is 0 Å². The SMILES string of the molecule is C/C(=N/O)C(=O)NCc1ccccn1. The van der Waals surface area contributed by atoms with Gasteiger partial charge >= 0.3 is 0 Å². The van der Waals surface area contributed by atoms with Crippen LogP contribution < -0.4 is 5.32 Å². The van der Waals surface area contributed by atoms with Gasteiger partial charge in [-0.15, -0.1) is 0 Å². The monoisotopic (exact) mass is 193 g/mol. The second-order valence-electron chi connectivity index (χ2n) is 2.69. The number of nitrogens with zero attached hydrogens (tertiary/aromatic N) is 2. The number of aromatic nitrogens is 1. The van der Waals surface area contributed by atoms with Gasteiger partial charge in [0.2, 0.25) is 0 Å². The van der Waals surface area contributed by atoms with Crippen LogP contribution in [0.1, 0.15) is 12.6 Å². The van der Waals surface area contributed by atoms with Gasteiger partial charge in [0, 0.05) is 6.20 Å². The second-order valence-corrected chi connectivity index (χ2v) is 2.69. The van der Waals surface area contributed by atoms with Crippen LogP contribution in [0, 0.1) is 0 Å². The lowest BCUT2D eigenvalue weighted by Crippen LogP contribution is -2.29. The predicted octanol–water partition coefficient (Wildman–Crippen LogP) is 0.548. The zero-order valence-corrected chi connectivity index (χ0v) is 7.77. The third kappa shape index (κ3) is 2.85. The number of rotatable bonds is 3.